The summed E-state index contributed by atoms with van der Waals surface area (Å²) in [6, 6.07) is 11.4. The fourth-order valence-electron chi connectivity index (χ4n) is 4.11. The first kappa shape index (κ1) is 24.6. The van der Waals surface area contributed by atoms with Crippen molar-refractivity contribution in [3.63, 3.8) is 0 Å². The Morgan fingerprint density at radius 1 is 1.09 bits per heavy atom. The Kier molecular flexibility index (Phi) is 6.54. The van der Waals surface area contributed by atoms with Crippen molar-refractivity contribution in [1.82, 2.24) is 14.9 Å². The van der Waals surface area contributed by atoms with Crippen molar-refractivity contribution >= 4 is 29.4 Å². The van der Waals surface area contributed by atoms with Crippen LogP contribution >= 0.6 is 11.8 Å². The minimum atomic E-state index is -4.43. The van der Waals surface area contributed by atoms with Gasteiger partial charge in [0.25, 0.3) is 5.91 Å². The number of rotatable bonds is 7. The standard InChI is InChI=1S/C24H23F3N4O3S/c1-23(2)21(32)30(16-6-10-18(11-7-16)35-24(25,26)27)22(33)31(23)19(20-28-12-13-29-20)14-15-4-8-17(34-3)9-5-15/h4-13,19H,14H2,1-3H3,(H,28,29). The van der Waals surface area contributed by atoms with E-state index in [4.69, 9.17) is 4.74 Å². The predicted molar refractivity (Wildman–Crippen MR) is 125 cm³/mol. The number of amides is 3. The summed E-state index contributed by atoms with van der Waals surface area (Å²) >= 11 is -0.259. The highest BCUT2D eigenvalue weighted by Crippen LogP contribution is 2.41. The number of hydrogen-bond donors (Lipinski definition) is 1. The van der Waals surface area contributed by atoms with Crippen molar-refractivity contribution in [2.24, 2.45) is 0 Å². The van der Waals surface area contributed by atoms with Crippen molar-refractivity contribution in [2.75, 3.05) is 12.0 Å². The molecule has 1 aliphatic heterocycles. The number of thioether (sulfide) groups is 1. The predicted octanol–water partition coefficient (Wildman–Crippen LogP) is 5.56. The van der Waals surface area contributed by atoms with Crippen LogP contribution in [0.1, 0.15) is 31.3 Å². The molecule has 4 rings (SSSR count). The van der Waals surface area contributed by atoms with Crippen molar-refractivity contribution in [3.8, 4) is 5.75 Å². The van der Waals surface area contributed by atoms with Crippen LogP contribution in [0.4, 0.5) is 23.7 Å². The molecule has 0 bridgehead atoms. The zero-order valence-electron chi connectivity index (χ0n) is 19.2. The van der Waals surface area contributed by atoms with E-state index < -0.39 is 29.0 Å². The van der Waals surface area contributed by atoms with E-state index in [0.717, 1.165) is 10.5 Å². The number of anilines is 1. The number of methoxy groups -OCH3 is 1. The van der Waals surface area contributed by atoms with Gasteiger partial charge in [0.15, 0.2) is 0 Å². The minimum Gasteiger partial charge on any atom is -0.497 e. The average molecular weight is 505 g/mol. The van der Waals surface area contributed by atoms with Crippen LogP contribution in [0.25, 0.3) is 0 Å². The molecule has 0 radical (unpaired) electrons. The molecule has 0 saturated carbocycles. The molecule has 1 atom stereocenters. The van der Waals surface area contributed by atoms with E-state index in [0.29, 0.717) is 18.0 Å². The van der Waals surface area contributed by atoms with Crippen molar-refractivity contribution in [2.45, 2.75) is 42.3 Å². The first-order chi connectivity index (χ1) is 16.5. The van der Waals surface area contributed by atoms with Gasteiger partial charge < -0.3 is 9.72 Å². The van der Waals surface area contributed by atoms with Crippen LogP contribution in [0.15, 0.2) is 65.8 Å². The summed E-state index contributed by atoms with van der Waals surface area (Å²) < 4.78 is 43.3. The molecule has 1 saturated heterocycles. The van der Waals surface area contributed by atoms with E-state index in [1.54, 1.807) is 33.4 Å². The minimum absolute atomic E-state index is 0.0376. The number of carbonyl (C=O) groups is 2. The number of aromatic nitrogens is 2. The van der Waals surface area contributed by atoms with Gasteiger partial charge in [-0.2, -0.15) is 13.2 Å². The van der Waals surface area contributed by atoms with Gasteiger partial charge >= 0.3 is 11.5 Å². The molecule has 0 spiro atoms. The number of aromatic amines is 1. The summed E-state index contributed by atoms with van der Waals surface area (Å²) in [5, 5.41) is 0. The Bertz CT molecular complexity index is 1200. The van der Waals surface area contributed by atoms with Gasteiger partial charge in [-0.15, -0.1) is 0 Å². The van der Waals surface area contributed by atoms with E-state index in [-0.39, 0.29) is 22.3 Å². The molecule has 3 aromatic rings. The number of imidazole rings is 1. The zero-order valence-corrected chi connectivity index (χ0v) is 20.0. The molecule has 1 unspecified atom stereocenters. The Morgan fingerprint density at radius 3 is 2.29 bits per heavy atom. The first-order valence-corrected chi connectivity index (χ1v) is 11.5. The Balaban J connectivity index is 1.67. The summed E-state index contributed by atoms with van der Waals surface area (Å²) in [5.74, 6) is 0.716. The number of alkyl halides is 3. The number of carbonyl (C=O) groups excluding carboxylic acids is 2. The summed E-state index contributed by atoms with van der Waals surface area (Å²) in [5.41, 5.74) is -4.57. The molecule has 3 amide bonds. The van der Waals surface area contributed by atoms with Gasteiger partial charge in [0.1, 0.15) is 17.1 Å². The van der Waals surface area contributed by atoms with E-state index in [1.165, 1.54) is 29.2 Å². The summed E-state index contributed by atoms with van der Waals surface area (Å²) in [6.07, 6.45) is 3.58. The van der Waals surface area contributed by atoms with E-state index in [2.05, 4.69) is 9.97 Å². The number of benzene rings is 2. The molecule has 2 heterocycles. The highest BCUT2D eigenvalue weighted by molar-refractivity contribution is 8.00. The largest absolute Gasteiger partial charge is 0.497 e. The number of imide groups is 1. The highest BCUT2D eigenvalue weighted by atomic mass is 32.2. The molecular formula is C24H23F3N4O3S. The maximum atomic E-state index is 13.7. The maximum absolute atomic E-state index is 13.7. The number of H-pyrrole nitrogens is 1. The van der Waals surface area contributed by atoms with Crippen molar-refractivity contribution < 1.29 is 27.5 Å². The summed E-state index contributed by atoms with van der Waals surface area (Å²) in [6.45, 7) is 3.29. The molecular weight excluding hydrogens is 481 g/mol. The van der Waals surface area contributed by atoms with E-state index in [9.17, 15) is 22.8 Å². The van der Waals surface area contributed by atoms with Crippen LogP contribution in [0.5, 0.6) is 5.75 Å². The molecule has 1 fully saturated rings. The molecule has 184 valence electrons. The maximum Gasteiger partial charge on any atom is 0.446 e. The quantitative estimate of drug-likeness (QED) is 0.337. The van der Waals surface area contributed by atoms with Crippen molar-refractivity contribution in [1.29, 1.82) is 0 Å². The summed E-state index contributed by atoms with van der Waals surface area (Å²) in [7, 11) is 1.57. The number of ether oxygens (including phenoxy) is 1. The number of nitrogens with zero attached hydrogens (tertiary/aromatic N) is 3. The third kappa shape index (κ3) is 5.00. The fourth-order valence-corrected chi connectivity index (χ4v) is 4.65. The molecule has 2 aromatic carbocycles. The lowest BCUT2D eigenvalue weighted by atomic mass is 9.97. The zero-order chi connectivity index (χ0) is 25.4. The monoisotopic (exact) mass is 504 g/mol. The van der Waals surface area contributed by atoms with Crippen LogP contribution < -0.4 is 9.64 Å². The molecule has 1 aliphatic rings. The Morgan fingerprint density at radius 2 is 1.74 bits per heavy atom. The van der Waals surface area contributed by atoms with Gasteiger partial charge in [0.2, 0.25) is 0 Å². The van der Waals surface area contributed by atoms with Gasteiger partial charge in [-0.25, -0.2) is 14.7 Å². The first-order valence-electron chi connectivity index (χ1n) is 10.7. The summed E-state index contributed by atoms with van der Waals surface area (Å²) in [4.78, 5) is 36.9. The third-order valence-corrected chi connectivity index (χ3v) is 6.53. The van der Waals surface area contributed by atoms with Gasteiger partial charge in [0, 0.05) is 23.7 Å². The van der Waals surface area contributed by atoms with Gasteiger partial charge in [-0.3, -0.25) is 9.69 Å². The Hall–Kier alpha value is -3.47. The number of urea groups is 1. The van der Waals surface area contributed by atoms with E-state index in [1.807, 2.05) is 24.3 Å². The number of halogens is 3. The average Bonchev–Trinajstić information content (AvgIpc) is 3.39. The number of nitrogens with one attached hydrogen (secondary N) is 1. The molecule has 0 aliphatic carbocycles. The molecule has 35 heavy (non-hydrogen) atoms. The highest BCUT2D eigenvalue weighted by Gasteiger charge is 2.55. The normalized spacial score (nSPS) is 16.6. The Labute approximate surface area is 204 Å². The second-order valence-corrected chi connectivity index (χ2v) is 9.57. The second-order valence-electron chi connectivity index (χ2n) is 8.44. The topological polar surface area (TPSA) is 78.5 Å². The number of hydrogen-bond acceptors (Lipinski definition) is 5. The van der Waals surface area contributed by atoms with Crippen LogP contribution in [-0.2, 0) is 11.2 Å². The smallest absolute Gasteiger partial charge is 0.446 e. The SMILES string of the molecule is COc1ccc(CC(c2ncc[nH]2)N2C(=O)N(c3ccc(SC(F)(F)F)cc3)C(=O)C2(C)C)cc1. The van der Waals surface area contributed by atoms with Gasteiger partial charge in [-0.1, -0.05) is 12.1 Å². The molecule has 1 N–H and O–H groups in total. The molecule has 11 heteroatoms. The van der Waals surface area contributed by atoms with E-state index >= 15 is 0 Å². The van der Waals surface area contributed by atoms with Crippen LogP contribution in [0.3, 0.4) is 0 Å². The van der Waals surface area contributed by atoms with Gasteiger partial charge in [-0.05, 0) is 67.6 Å². The lowest BCUT2D eigenvalue weighted by Gasteiger charge is -2.34. The lowest BCUT2D eigenvalue weighted by Crippen LogP contribution is -2.47. The second kappa shape index (κ2) is 9.29. The third-order valence-electron chi connectivity index (χ3n) is 5.79. The van der Waals surface area contributed by atoms with Crippen LogP contribution in [0, 0.1) is 0 Å². The fraction of sp³-hybridized carbons (Fsp3) is 0.292. The molecule has 7 nitrogen and oxygen atoms in total. The van der Waals surface area contributed by atoms with Crippen LogP contribution in [-0.4, -0.2) is 45.0 Å². The van der Waals surface area contributed by atoms with Crippen LogP contribution in [0.2, 0.25) is 0 Å². The van der Waals surface area contributed by atoms with Gasteiger partial charge in [0.05, 0.1) is 18.8 Å². The lowest BCUT2D eigenvalue weighted by molar-refractivity contribution is -0.124. The van der Waals surface area contributed by atoms with Crippen molar-refractivity contribution in [3.05, 3.63) is 72.3 Å². The molecule has 1 aromatic heterocycles.